The molecule has 16 heavy (non-hydrogen) atoms. The van der Waals surface area contributed by atoms with Gasteiger partial charge < -0.3 is 0 Å². The van der Waals surface area contributed by atoms with Crippen molar-refractivity contribution in [1.82, 2.24) is 0 Å². The average Bonchev–Trinajstić information content (AvgIpc) is 3.01. The van der Waals surface area contributed by atoms with Crippen molar-refractivity contribution in [3.63, 3.8) is 0 Å². The molecule has 1 N–H and O–H groups in total. The average molecular weight is 260 g/mol. The third-order valence-electron chi connectivity index (χ3n) is 2.58. The van der Waals surface area contributed by atoms with E-state index in [4.69, 9.17) is 11.6 Å². The van der Waals surface area contributed by atoms with E-state index in [1.807, 2.05) is 12.1 Å². The lowest BCUT2D eigenvalue weighted by Crippen LogP contribution is -2.18. The molecule has 0 atom stereocenters. The fourth-order valence-corrected chi connectivity index (χ4v) is 3.34. The van der Waals surface area contributed by atoms with Crippen molar-refractivity contribution in [2.45, 2.75) is 18.7 Å². The van der Waals surface area contributed by atoms with Crippen LogP contribution in [0, 0.1) is 5.92 Å². The maximum atomic E-state index is 11.8. The lowest BCUT2D eigenvalue weighted by atomic mass is 10.2. The number of nitrogens with one attached hydrogen (secondary N) is 1. The summed E-state index contributed by atoms with van der Waals surface area (Å²) in [7, 11) is -3.21. The van der Waals surface area contributed by atoms with E-state index in [9.17, 15) is 8.42 Å². The quantitative estimate of drug-likeness (QED) is 0.826. The van der Waals surface area contributed by atoms with E-state index in [2.05, 4.69) is 4.72 Å². The zero-order chi connectivity index (χ0) is 11.6. The van der Waals surface area contributed by atoms with Crippen LogP contribution in [0.2, 0.25) is 0 Å². The van der Waals surface area contributed by atoms with E-state index in [1.165, 1.54) is 0 Å². The SMILES string of the molecule is O=S(=O)(CC1CC1)Nc1ccccc1CCl. The summed E-state index contributed by atoms with van der Waals surface area (Å²) in [4.78, 5) is 0. The summed E-state index contributed by atoms with van der Waals surface area (Å²) >= 11 is 5.74. The van der Waals surface area contributed by atoms with Crippen LogP contribution in [-0.4, -0.2) is 14.2 Å². The molecule has 0 aliphatic heterocycles. The Labute approximate surface area is 101 Å². The molecule has 88 valence electrons. The van der Waals surface area contributed by atoms with Crippen molar-refractivity contribution < 1.29 is 8.42 Å². The Bertz CT molecular complexity index is 469. The Hall–Kier alpha value is -0.740. The highest BCUT2D eigenvalue weighted by molar-refractivity contribution is 7.92. The van der Waals surface area contributed by atoms with Crippen molar-refractivity contribution in [3.8, 4) is 0 Å². The largest absolute Gasteiger partial charge is 0.283 e. The number of para-hydroxylation sites is 1. The molecular formula is C11H14ClNO2S. The Balaban J connectivity index is 2.12. The summed E-state index contributed by atoms with van der Waals surface area (Å²) in [6, 6.07) is 7.20. The highest BCUT2D eigenvalue weighted by atomic mass is 35.5. The monoisotopic (exact) mass is 259 g/mol. The van der Waals surface area contributed by atoms with E-state index in [0.29, 0.717) is 17.5 Å². The summed E-state index contributed by atoms with van der Waals surface area (Å²) in [5, 5.41) is 0. The van der Waals surface area contributed by atoms with E-state index in [0.717, 1.165) is 18.4 Å². The molecule has 1 aliphatic carbocycles. The minimum absolute atomic E-state index is 0.226. The molecule has 0 unspecified atom stereocenters. The number of hydrogen-bond donors (Lipinski definition) is 1. The van der Waals surface area contributed by atoms with Crippen LogP contribution >= 0.6 is 11.6 Å². The highest BCUT2D eigenvalue weighted by Gasteiger charge is 2.28. The molecule has 3 nitrogen and oxygen atoms in total. The maximum Gasteiger partial charge on any atom is 0.233 e. The predicted molar refractivity (Wildman–Crippen MR) is 66.1 cm³/mol. The Morgan fingerprint density at radius 3 is 2.62 bits per heavy atom. The van der Waals surface area contributed by atoms with Crippen LogP contribution < -0.4 is 4.72 Å². The zero-order valence-corrected chi connectivity index (χ0v) is 10.4. The van der Waals surface area contributed by atoms with Crippen LogP contribution in [0.25, 0.3) is 0 Å². The molecule has 0 amide bonds. The van der Waals surface area contributed by atoms with Gasteiger partial charge in [-0.15, -0.1) is 11.6 Å². The first-order valence-corrected chi connectivity index (χ1v) is 7.44. The standard InChI is InChI=1S/C11H14ClNO2S/c12-7-10-3-1-2-4-11(10)13-16(14,15)8-9-5-6-9/h1-4,9,13H,5-8H2. The third kappa shape index (κ3) is 3.12. The van der Waals surface area contributed by atoms with Gasteiger partial charge in [0.15, 0.2) is 0 Å². The molecule has 0 spiro atoms. The first-order valence-electron chi connectivity index (χ1n) is 5.25. The summed E-state index contributed by atoms with van der Waals surface area (Å²) in [5.74, 6) is 0.881. The molecule has 1 aromatic rings. The fraction of sp³-hybridized carbons (Fsp3) is 0.455. The predicted octanol–water partition coefficient (Wildman–Crippen LogP) is 2.58. The molecule has 1 aromatic carbocycles. The number of anilines is 1. The van der Waals surface area contributed by atoms with Gasteiger partial charge in [-0.05, 0) is 30.4 Å². The van der Waals surface area contributed by atoms with Gasteiger partial charge in [0.05, 0.1) is 11.4 Å². The Kier molecular flexibility index (Phi) is 3.40. The minimum Gasteiger partial charge on any atom is -0.283 e. The van der Waals surface area contributed by atoms with Crippen molar-refractivity contribution >= 4 is 27.3 Å². The van der Waals surface area contributed by atoms with Gasteiger partial charge in [-0.3, -0.25) is 4.72 Å². The van der Waals surface area contributed by atoms with Crippen molar-refractivity contribution in [2.24, 2.45) is 5.92 Å². The lowest BCUT2D eigenvalue weighted by Gasteiger charge is -2.10. The summed E-state index contributed by atoms with van der Waals surface area (Å²) in [5.41, 5.74) is 1.40. The summed E-state index contributed by atoms with van der Waals surface area (Å²) < 4.78 is 26.1. The van der Waals surface area contributed by atoms with Gasteiger partial charge in [0, 0.05) is 5.88 Å². The van der Waals surface area contributed by atoms with E-state index < -0.39 is 10.0 Å². The minimum atomic E-state index is -3.21. The molecule has 0 bridgehead atoms. The van der Waals surface area contributed by atoms with Crippen LogP contribution in [0.3, 0.4) is 0 Å². The topological polar surface area (TPSA) is 46.2 Å². The maximum absolute atomic E-state index is 11.8. The smallest absolute Gasteiger partial charge is 0.233 e. The summed E-state index contributed by atoms with van der Waals surface area (Å²) in [6.07, 6.45) is 2.05. The molecule has 0 saturated heterocycles. The first-order chi connectivity index (χ1) is 7.61. The van der Waals surface area contributed by atoms with Crippen LogP contribution in [0.4, 0.5) is 5.69 Å². The van der Waals surface area contributed by atoms with Crippen molar-refractivity contribution in [2.75, 3.05) is 10.5 Å². The van der Waals surface area contributed by atoms with Gasteiger partial charge in [0.2, 0.25) is 10.0 Å². The zero-order valence-electron chi connectivity index (χ0n) is 8.82. The van der Waals surface area contributed by atoms with Gasteiger partial charge in [-0.1, -0.05) is 18.2 Å². The Morgan fingerprint density at radius 1 is 1.31 bits per heavy atom. The molecule has 0 aromatic heterocycles. The molecule has 0 radical (unpaired) electrons. The van der Waals surface area contributed by atoms with Gasteiger partial charge in [-0.25, -0.2) is 8.42 Å². The van der Waals surface area contributed by atoms with Gasteiger partial charge in [-0.2, -0.15) is 0 Å². The van der Waals surface area contributed by atoms with Crippen LogP contribution in [-0.2, 0) is 15.9 Å². The second-order valence-corrected chi connectivity index (χ2v) is 6.15. The van der Waals surface area contributed by atoms with Crippen LogP contribution in [0.15, 0.2) is 24.3 Å². The van der Waals surface area contributed by atoms with E-state index in [-0.39, 0.29) is 5.75 Å². The lowest BCUT2D eigenvalue weighted by molar-refractivity contribution is 0.597. The van der Waals surface area contributed by atoms with Gasteiger partial charge >= 0.3 is 0 Å². The number of alkyl halides is 1. The number of benzene rings is 1. The number of sulfonamides is 1. The van der Waals surface area contributed by atoms with Crippen LogP contribution in [0.5, 0.6) is 0 Å². The molecule has 1 aliphatic rings. The number of rotatable bonds is 5. The molecule has 5 heteroatoms. The second kappa shape index (κ2) is 4.63. The van der Waals surface area contributed by atoms with Gasteiger partial charge in [0.25, 0.3) is 0 Å². The van der Waals surface area contributed by atoms with Crippen molar-refractivity contribution in [1.29, 1.82) is 0 Å². The molecule has 1 fully saturated rings. The normalized spacial score (nSPS) is 16.1. The number of halogens is 1. The first kappa shape index (κ1) is 11.7. The highest BCUT2D eigenvalue weighted by Crippen LogP contribution is 2.31. The fourth-order valence-electron chi connectivity index (χ4n) is 1.54. The van der Waals surface area contributed by atoms with Crippen LogP contribution in [0.1, 0.15) is 18.4 Å². The second-order valence-electron chi connectivity index (χ2n) is 4.12. The molecular weight excluding hydrogens is 246 g/mol. The third-order valence-corrected chi connectivity index (χ3v) is 4.31. The molecule has 1 saturated carbocycles. The number of hydrogen-bond acceptors (Lipinski definition) is 2. The van der Waals surface area contributed by atoms with Gasteiger partial charge in [0.1, 0.15) is 0 Å². The summed E-state index contributed by atoms with van der Waals surface area (Å²) in [6.45, 7) is 0. The Morgan fingerprint density at radius 2 is 2.00 bits per heavy atom. The van der Waals surface area contributed by atoms with E-state index >= 15 is 0 Å². The van der Waals surface area contributed by atoms with E-state index in [1.54, 1.807) is 12.1 Å². The molecule has 2 rings (SSSR count). The molecule has 0 heterocycles. The van der Waals surface area contributed by atoms with Crippen molar-refractivity contribution in [3.05, 3.63) is 29.8 Å².